The largest absolute Gasteiger partial charge is 0.451 e. The summed E-state index contributed by atoms with van der Waals surface area (Å²) >= 11 is 0. The molecule has 0 amide bonds. The second-order valence-corrected chi connectivity index (χ2v) is 8.08. The Morgan fingerprint density at radius 1 is 1.14 bits per heavy atom. The number of rotatable bonds is 7. The Morgan fingerprint density at radius 3 is 2.36 bits per heavy atom. The first-order chi connectivity index (χ1) is 10.3. The van der Waals surface area contributed by atoms with Crippen molar-refractivity contribution in [2.75, 3.05) is 26.2 Å². The molecule has 128 valence electrons. The molecule has 11 heteroatoms. The maximum atomic E-state index is 12.6. The van der Waals surface area contributed by atoms with Gasteiger partial charge in [-0.1, -0.05) is 6.42 Å². The van der Waals surface area contributed by atoms with Crippen LogP contribution in [0.15, 0.2) is 0 Å². The van der Waals surface area contributed by atoms with Gasteiger partial charge < -0.3 is 27.2 Å². The van der Waals surface area contributed by atoms with Gasteiger partial charge in [-0.2, -0.15) is 17.0 Å². The summed E-state index contributed by atoms with van der Waals surface area (Å²) in [6.45, 7) is 1.13. The van der Waals surface area contributed by atoms with Crippen molar-refractivity contribution in [2.45, 2.75) is 37.3 Å². The van der Waals surface area contributed by atoms with Crippen LogP contribution < -0.4 is 17.2 Å². The van der Waals surface area contributed by atoms with Crippen LogP contribution in [0.5, 0.6) is 0 Å². The maximum absolute atomic E-state index is 12.6. The van der Waals surface area contributed by atoms with Crippen LogP contribution >= 0.6 is 0 Å². The van der Waals surface area contributed by atoms with E-state index in [4.69, 9.17) is 27.2 Å². The van der Waals surface area contributed by atoms with E-state index < -0.39 is 17.3 Å². The van der Waals surface area contributed by atoms with E-state index in [9.17, 15) is 8.42 Å². The van der Waals surface area contributed by atoms with E-state index >= 15 is 0 Å². The van der Waals surface area contributed by atoms with Crippen molar-refractivity contribution >= 4 is 17.3 Å². The van der Waals surface area contributed by atoms with Gasteiger partial charge in [0.2, 0.25) is 0 Å². The van der Waals surface area contributed by atoms with E-state index in [0.29, 0.717) is 19.4 Å². The topological polar surface area (TPSA) is 159 Å². The van der Waals surface area contributed by atoms with Gasteiger partial charge in [0.25, 0.3) is 10.2 Å². The third-order valence-corrected chi connectivity index (χ3v) is 6.58. The van der Waals surface area contributed by atoms with Crippen LogP contribution in [0.2, 0.25) is 6.32 Å². The van der Waals surface area contributed by atoms with Crippen molar-refractivity contribution in [1.82, 2.24) is 8.61 Å². The molecule has 2 aliphatic rings. The molecule has 22 heavy (non-hydrogen) atoms. The summed E-state index contributed by atoms with van der Waals surface area (Å²) in [5.41, 5.74) is 17.4. The normalized spacial score (nSPS) is 33.9. The fourth-order valence-corrected chi connectivity index (χ4v) is 5.14. The third kappa shape index (κ3) is 3.62. The Morgan fingerprint density at radius 2 is 1.82 bits per heavy atom. The second kappa shape index (κ2) is 7.10. The zero-order chi connectivity index (χ0) is 16.5. The highest BCUT2D eigenvalue weighted by molar-refractivity contribution is 7.86. The monoisotopic (exact) mass is 335 g/mol. The van der Waals surface area contributed by atoms with Crippen LogP contribution in [-0.4, -0.2) is 78.5 Å². The Kier molecular flexibility index (Phi) is 5.83. The van der Waals surface area contributed by atoms with Crippen molar-refractivity contribution in [1.29, 1.82) is 0 Å². The van der Waals surface area contributed by atoms with Gasteiger partial charge in [0.15, 0.2) is 0 Å². The fraction of sp³-hybridized carbons (Fsp3) is 1.00. The quantitative estimate of drug-likeness (QED) is 0.305. The van der Waals surface area contributed by atoms with E-state index in [0.717, 1.165) is 0 Å². The Bertz CT molecular complexity index is 479. The van der Waals surface area contributed by atoms with Gasteiger partial charge in [-0.05, 0) is 18.7 Å². The van der Waals surface area contributed by atoms with Crippen molar-refractivity contribution in [3.63, 3.8) is 0 Å². The van der Waals surface area contributed by atoms with Crippen molar-refractivity contribution < 1.29 is 18.5 Å². The smallest absolute Gasteiger partial charge is 0.427 e. The predicted molar refractivity (Wildman–Crippen MR) is 83.7 cm³/mol. The fourth-order valence-electron chi connectivity index (χ4n) is 3.16. The number of nitrogens with zero attached hydrogens (tertiary/aromatic N) is 2. The van der Waals surface area contributed by atoms with Crippen LogP contribution in [0, 0.1) is 5.92 Å². The Balaban J connectivity index is 1.93. The van der Waals surface area contributed by atoms with E-state index in [-0.39, 0.29) is 50.0 Å². The summed E-state index contributed by atoms with van der Waals surface area (Å²) < 4.78 is 28.0. The molecule has 0 aromatic carbocycles. The number of nitrogens with two attached hydrogens (primary N) is 3. The third-order valence-electron chi connectivity index (χ3n) is 4.61. The van der Waals surface area contributed by atoms with Gasteiger partial charge in [-0.15, -0.1) is 0 Å². The summed E-state index contributed by atoms with van der Waals surface area (Å²) in [5.74, 6) is 0.0276. The molecule has 0 spiro atoms. The van der Waals surface area contributed by atoms with Crippen molar-refractivity contribution in [2.24, 2.45) is 23.1 Å². The van der Waals surface area contributed by atoms with E-state index in [1.807, 2.05) is 0 Å². The van der Waals surface area contributed by atoms with E-state index in [1.165, 1.54) is 8.61 Å². The molecule has 9 nitrogen and oxygen atoms in total. The van der Waals surface area contributed by atoms with Gasteiger partial charge in [-0.3, -0.25) is 0 Å². The molecule has 2 rings (SSSR count). The highest BCUT2D eigenvalue weighted by Crippen LogP contribution is 2.29. The summed E-state index contributed by atoms with van der Waals surface area (Å²) in [6.07, 6.45) is 1.54. The van der Waals surface area contributed by atoms with Crippen LogP contribution in [0.25, 0.3) is 0 Å². The molecular formula is C11H26BN5O4S. The molecule has 0 bridgehead atoms. The van der Waals surface area contributed by atoms with Gasteiger partial charge in [0.05, 0.1) is 6.04 Å². The predicted octanol–water partition coefficient (Wildman–Crippen LogP) is -3.29. The number of hydrogen-bond acceptors (Lipinski definition) is 7. The molecule has 0 saturated carbocycles. The molecule has 0 aromatic heterocycles. The summed E-state index contributed by atoms with van der Waals surface area (Å²) in [5, 5.41) is 17.7. The molecule has 2 heterocycles. The molecule has 2 unspecified atom stereocenters. The van der Waals surface area contributed by atoms with Gasteiger partial charge >= 0.3 is 7.12 Å². The van der Waals surface area contributed by atoms with Crippen LogP contribution in [0.4, 0.5) is 0 Å². The highest BCUT2D eigenvalue weighted by atomic mass is 32.2. The first kappa shape index (κ1) is 18.1. The summed E-state index contributed by atoms with van der Waals surface area (Å²) in [6, 6.07) is -0.792. The standard InChI is InChI=1S/C11H26BN5O4S/c13-4-11-10(15)7-17(11)22(20,21)16-5-8(9(14)6-16)2-1-3-12(18)19/h8-11,18-19H,1-7,13-15H2/t8-,9-,10?,11?/m0/s1. The van der Waals surface area contributed by atoms with Crippen molar-refractivity contribution in [3.8, 4) is 0 Å². The average molecular weight is 335 g/mol. The molecule has 2 fully saturated rings. The van der Waals surface area contributed by atoms with Crippen molar-refractivity contribution in [3.05, 3.63) is 0 Å². The minimum absolute atomic E-state index is 0.0276. The first-order valence-corrected chi connectivity index (χ1v) is 9.01. The number of hydrogen-bond donors (Lipinski definition) is 5. The SMILES string of the molecule is NCC1C(N)CN1S(=O)(=O)N1C[C@H](CCCB(O)O)[C@@H](N)C1. The summed E-state index contributed by atoms with van der Waals surface area (Å²) in [7, 11) is -4.90. The lowest BCUT2D eigenvalue weighted by Gasteiger charge is -2.45. The first-order valence-electron chi connectivity index (χ1n) is 7.61. The lowest BCUT2D eigenvalue weighted by molar-refractivity contribution is 0.156. The zero-order valence-corrected chi connectivity index (χ0v) is 13.4. The minimum Gasteiger partial charge on any atom is -0.427 e. The van der Waals surface area contributed by atoms with E-state index in [1.54, 1.807) is 0 Å². The van der Waals surface area contributed by atoms with Gasteiger partial charge in [-0.25, -0.2) is 0 Å². The average Bonchev–Trinajstić information content (AvgIpc) is 2.78. The lowest BCUT2D eigenvalue weighted by atomic mass is 9.82. The lowest BCUT2D eigenvalue weighted by Crippen LogP contribution is -2.70. The maximum Gasteiger partial charge on any atom is 0.451 e. The molecule has 0 radical (unpaired) electrons. The molecule has 2 saturated heterocycles. The molecule has 4 atom stereocenters. The highest BCUT2D eigenvalue weighted by Gasteiger charge is 2.48. The molecule has 0 aromatic rings. The zero-order valence-electron chi connectivity index (χ0n) is 12.6. The molecular weight excluding hydrogens is 309 g/mol. The Hall–Kier alpha value is -0.265. The second-order valence-electron chi connectivity index (χ2n) is 6.20. The van der Waals surface area contributed by atoms with Crippen LogP contribution in [-0.2, 0) is 10.2 Å². The van der Waals surface area contributed by atoms with E-state index in [2.05, 4.69) is 0 Å². The molecule has 0 aliphatic carbocycles. The van der Waals surface area contributed by atoms with Gasteiger partial charge in [0, 0.05) is 38.3 Å². The molecule has 2 aliphatic heterocycles. The van der Waals surface area contributed by atoms with Crippen LogP contribution in [0.3, 0.4) is 0 Å². The summed E-state index contributed by atoms with van der Waals surface area (Å²) in [4.78, 5) is 0. The molecule has 8 N–H and O–H groups in total. The minimum atomic E-state index is -3.58. The Labute approximate surface area is 131 Å². The van der Waals surface area contributed by atoms with Gasteiger partial charge in [0.1, 0.15) is 0 Å². The van der Waals surface area contributed by atoms with Crippen LogP contribution in [0.1, 0.15) is 12.8 Å².